The fourth-order valence-electron chi connectivity index (χ4n) is 5.50. The Kier molecular flexibility index (Phi) is 13.0. The van der Waals surface area contributed by atoms with Gasteiger partial charge in [0.1, 0.15) is 17.6 Å². The number of hydrogen-bond acceptors (Lipinski definition) is 7. The first-order valence-electron chi connectivity index (χ1n) is 15.1. The van der Waals surface area contributed by atoms with Crippen molar-refractivity contribution in [3.63, 3.8) is 0 Å². The number of aldehydes is 1. The molecule has 1 saturated heterocycles. The number of nitrogens with zero attached hydrogens (tertiary/aromatic N) is 1. The van der Waals surface area contributed by atoms with Gasteiger partial charge in [-0.25, -0.2) is 4.79 Å². The number of amides is 1. The quantitative estimate of drug-likeness (QED) is 0.165. The Hall–Kier alpha value is -2.32. The highest BCUT2D eigenvalue weighted by Crippen LogP contribution is 2.41. The maximum absolute atomic E-state index is 13.6. The molecule has 0 bridgehead atoms. The Morgan fingerprint density at radius 1 is 1.05 bits per heavy atom. The third-order valence-electron chi connectivity index (χ3n) is 7.87. The van der Waals surface area contributed by atoms with Crippen LogP contribution in [0.2, 0.25) is 0 Å². The Bertz CT molecular complexity index is 969. The van der Waals surface area contributed by atoms with E-state index in [1.165, 1.54) is 0 Å². The van der Waals surface area contributed by atoms with Crippen molar-refractivity contribution in [3.05, 3.63) is 23.8 Å². The van der Waals surface area contributed by atoms with Crippen LogP contribution in [0, 0.1) is 23.7 Å². The van der Waals surface area contributed by atoms with Crippen molar-refractivity contribution in [1.82, 2.24) is 4.90 Å². The smallest absolute Gasteiger partial charge is 0.412 e. The van der Waals surface area contributed by atoms with Crippen LogP contribution in [0.25, 0.3) is 0 Å². The number of carbonyl (C=O) groups excluding carboxylic acids is 2. The molecule has 8 nitrogen and oxygen atoms in total. The van der Waals surface area contributed by atoms with Gasteiger partial charge in [-0.2, -0.15) is 0 Å². The van der Waals surface area contributed by atoms with Crippen LogP contribution in [0.5, 0.6) is 11.5 Å². The average Bonchev–Trinajstić information content (AvgIpc) is 3.12. The molecule has 1 heterocycles. The number of methoxy groups -OCH3 is 2. The monoisotopic (exact) mass is 577 g/mol. The molecule has 1 amide bonds. The van der Waals surface area contributed by atoms with Crippen molar-refractivity contribution >= 4 is 12.4 Å². The van der Waals surface area contributed by atoms with Crippen LogP contribution in [0.3, 0.4) is 0 Å². The largest absolute Gasteiger partial charge is 0.493 e. The summed E-state index contributed by atoms with van der Waals surface area (Å²) in [5.41, 5.74) is -0.371. The molecule has 0 aromatic heterocycles. The first kappa shape index (κ1) is 34.9. The van der Waals surface area contributed by atoms with Gasteiger partial charge in [-0.05, 0) is 89.3 Å². The maximum atomic E-state index is 13.6. The zero-order valence-corrected chi connectivity index (χ0v) is 27.3. The van der Waals surface area contributed by atoms with Crippen molar-refractivity contribution in [2.75, 3.05) is 27.4 Å². The van der Waals surface area contributed by atoms with Gasteiger partial charge in [-0.1, -0.05) is 33.8 Å². The molecular formula is C33H55NO7. The lowest BCUT2D eigenvalue weighted by atomic mass is 9.80. The number of rotatable bonds is 15. The summed E-state index contributed by atoms with van der Waals surface area (Å²) in [4.78, 5) is 27.4. The maximum Gasteiger partial charge on any atom is 0.412 e. The summed E-state index contributed by atoms with van der Waals surface area (Å²) >= 11 is 0. The molecule has 1 aromatic rings. The van der Waals surface area contributed by atoms with Crippen molar-refractivity contribution in [3.8, 4) is 11.5 Å². The van der Waals surface area contributed by atoms with Crippen LogP contribution < -0.4 is 9.47 Å². The molecule has 1 aliphatic heterocycles. The highest BCUT2D eigenvalue weighted by Gasteiger charge is 2.52. The lowest BCUT2D eigenvalue weighted by Crippen LogP contribution is -2.51. The molecule has 0 saturated carbocycles. The highest BCUT2D eigenvalue weighted by molar-refractivity contribution is 5.70. The molecule has 0 radical (unpaired) electrons. The van der Waals surface area contributed by atoms with E-state index in [0.29, 0.717) is 43.5 Å². The van der Waals surface area contributed by atoms with E-state index in [1.807, 2.05) is 40.7 Å². The SMILES string of the molecule is COCCCOc1cc(C[C@H](CC2C(C[C@H](C=O)C(C)C)OC(C)(C)N2C(=O)OC(C)(C)C)C(C)C)ccc1OC. The van der Waals surface area contributed by atoms with Crippen LogP contribution in [0.1, 0.15) is 87.1 Å². The molecule has 234 valence electrons. The first-order chi connectivity index (χ1) is 19.1. The summed E-state index contributed by atoms with van der Waals surface area (Å²) in [7, 11) is 3.32. The van der Waals surface area contributed by atoms with E-state index < -0.39 is 11.3 Å². The minimum absolute atomic E-state index is 0.159. The van der Waals surface area contributed by atoms with Crippen molar-refractivity contribution in [2.45, 2.75) is 111 Å². The van der Waals surface area contributed by atoms with E-state index in [9.17, 15) is 9.59 Å². The van der Waals surface area contributed by atoms with Gasteiger partial charge >= 0.3 is 6.09 Å². The standard InChI is InChI=1S/C33H55NO7/c1-22(2)25(17-24-13-14-28(38-11)30(18-24)39-16-12-15-37-10)19-27-29(20-26(21-35)23(3)4)40-33(8,9)34(27)31(36)41-32(5,6)7/h13-14,18,21-23,25-27,29H,12,15-17,19-20H2,1-11H3/t25-,26-,27?,29?/m1/s1. The van der Waals surface area contributed by atoms with E-state index >= 15 is 0 Å². The summed E-state index contributed by atoms with van der Waals surface area (Å²) in [6, 6.07) is 5.85. The number of carbonyl (C=O) groups is 2. The van der Waals surface area contributed by atoms with E-state index in [4.69, 9.17) is 23.7 Å². The third-order valence-corrected chi connectivity index (χ3v) is 7.87. The van der Waals surface area contributed by atoms with Crippen LogP contribution in [0.15, 0.2) is 18.2 Å². The second-order valence-electron chi connectivity index (χ2n) is 13.4. The summed E-state index contributed by atoms with van der Waals surface area (Å²) in [5.74, 6) is 2.00. The molecule has 4 atom stereocenters. The summed E-state index contributed by atoms with van der Waals surface area (Å²) in [5, 5.41) is 0. The molecule has 1 fully saturated rings. The summed E-state index contributed by atoms with van der Waals surface area (Å²) in [6.45, 7) is 19.1. The Labute approximate surface area is 248 Å². The molecule has 8 heteroatoms. The molecule has 0 N–H and O–H groups in total. The Balaban J connectivity index is 2.39. The second kappa shape index (κ2) is 15.2. The Morgan fingerprint density at radius 2 is 1.73 bits per heavy atom. The first-order valence-corrected chi connectivity index (χ1v) is 15.1. The van der Waals surface area contributed by atoms with Gasteiger partial charge in [0.05, 0.1) is 25.9 Å². The van der Waals surface area contributed by atoms with E-state index in [-0.39, 0.29) is 36.0 Å². The molecule has 41 heavy (non-hydrogen) atoms. The van der Waals surface area contributed by atoms with Gasteiger partial charge in [0, 0.05) is 26.1 Å². The lowest BCUT2D eigenvalue weighted by molar-refractivity contribution is -0.115. The fraction of sp³-hybridized carbons (Fsp3) is 0.758. The topological polar surface area (TPSA) is 83.5 Å². The van der Waals surface area contributed by atoms with Gasteiger partial charge < -0.3 is 28.5 Å². The van der Waals surface area contributed by atoms with Crippen LogP contribution in [0.4, 0.5) is 4.79 Å². The Morgan fingerprint density at radius 3 is 2.27 bits per heavy atom. The lowest BCUT2D eigenvalue weighted by Gasteiger charge is -2.37. The van der Waals surface area contributed by atoms with E-state index in [1.54, 1.807) is 19.1 Å². The number of ether oxygens (including phenoxy) is 5. The average molecular weight is 578 g/mol. The molecule has 0 aliphatic carbocycles. The van der Waals surface area contributed by atoms with Gasteiger partial charge in [0.25, 0.3) is 0 Å². The van der Waals surface area contributed by atoms with Crippen LogP contribution in [-0.2, 0) is 25.4 Å². The third kappa shape index (κ3) is 10.2. The normalized spacial score (nSPS) is 20.3. The predicted molar refractivity (Wildman–Crippen MR) is 161 cm³/mol. The molecule has 1 aromatic carbocycles. The molecule has 2 rings (SSSR count). The summed E-state index contributed by atoms with van der Waals surface area (Å²) < 4.78 is 29.1. The second-order valence-corrected chi connectivity index (χ2v) is 13.4. The highest BCUT2D eigenvalue weighted by atomic mass is 16.6. The van der Waals surface area contributed by atoms with Gasteiger partial charge in [-0.15, -0.1) is 0 Å². The van der Waals surface area contributed by atoms with Gasteiger partial charge in [0.15, 0.2) is 11.5 Å². The minimum atomic E-state index is -0.868. The molecular weight excluding hydrogens is 522 g/mol. The van der Waals surface area contributed by atoms with Crippen LogP contribution in [-0.4, -0.2) is 68.2 Å². The van der Waals surface area contributed by atoms with Gasteiger partial charge in [-0.3, -0.25) is 4.90 Å². The van der Waals surface area contributed by atoms with E-state index in [0.717, 1.165) is 24.7 Å². The molecule has 1 aliphatic rings. The van der Waals surface area contributed by atoms with Crippen molar-refractivity contribution in [2.24, 2.45) is 23.7 Å². The van der Waals surface area contributed by atoms with Crippen LogP contribution >= 0.6 is 0 Å². The zero-order chi connectivity index (χ0) is 31.0. The van der Waals surface area contributed by atoms with Crippen molar-refractivity contribution < 1.29 is 33.3 Å². The van der Waals surface area contributed by atoms with E-state index in [2.05, 4.69) is 39.8 Å². The number of hydrogen-bond donors (Lipinski definition) is 0. The van der Waals surface area contributed by atoms with Gasteiger partial charge in [0.2, 0.25) is 0 Å². The molecule has 2 unspecified atom stereocenters. The summed E-state index contributed by atoms with van der Waals surface area (Å²) in [6.07, 6.45) is 3.21. The molecule has 0 spiro atoms. The zero-order valence-electron chi connectivity index (χ0n) is 27.3. The fourth-order valence-corrected chi connectivity index (χ4v) is 5.50. The van der Waals surface area contributed by atoms with Crippen molar-refractivity contribution in [1.29, 1.82) is 0 Å². The predicted octanol–water partition coefficient (Wildman–Crippen LogP) is 6.92. The minimum Gasteiger partial charge on any atom is -0.493 e. The number of benzene rings is 1.